The second kappa shape index (κ2) is 29.7. The van der Waals surface area contributed by atoms with E-state index in [1.807, 2.05) is 14.1 Å². The molecule has 0 aromatic heterocycles. The molecular formula is C38H71NO3. The maximum atomic E-state index is 12.9. The van der Waals surface area contributed by atoms with Crippen molar-refractivity contribution >= 4 is 5.97 Å². The Hall–Kier alpha value is -1.39. The van der Waals surface area contributed by atoms with Crippen LogP contribution in [0.1, 0.15) is 168 Å². The molecule has 0 bridgehead atoms. The first-order valence-corrected chi connectivity index (χ1v) is 17.9. The zero-order valence-corrected chi connectivity index (χ0v) is 28.7. The fourth-order valence-corrected chi connectivity index (χ4v) is 5.36. The van der Waals surface area contributed by atoms with Crippen LogP contribution < -0.4 is 0 Å². The van der Waals surface area contributed by atoms with Crippen molar-refractivity contribution in [1.29, 1.82) is 0 Å². The molecule has 0 saturated carbocycles. The predicted molar refractivity (Wildman–Crippen MR) is 184 cm³/mol. The molecular weight excluding hydrogens is 518 g/mol. The van der Waals surface area contributed by atoms with Crippen LogP contribution in [-0.4, -0.2) is 48.3 Å². The van der Waals surface area contributed by atoms with E-state index in [2.05, 4.69) is 62.1 Å². The number of aliphatic hydroxyl groups is 1. The summed E-state index contributed by atoms with van der Waals surface area (Å²) in [6.45, 7) is 7.58. The van der Waals surface area contributed by atoms with Gasteiger partial charge >= 0.3 is 5.97 Å². The van der Waals surface area contributed by atoms with Crippen molar-refractivity contribution in [3.8, 4) is 0 Å². The lowest BCUT2D eigenvalue weighted by molar-refractivity contribution is -0.169. The molecule has 0 aromatic carbocycles. The molecule has 4 nitrogen and oxygen atoms in total. The maximum Gasteiger partial charge on any atom is 0.306 e. The summed E-state index contributed by atoms with van der Waals surface area (Å²) in [5, 5.41) is 12.1. The van der Waals surface area contributed by atoms with Gasteiger partial charge in [0.05, 0.1) is 0 Å². The third-order valence-electron chi connectivity index (χ3n) is 8.08. The van der Waals surface area contributed by atoms with Crippen molar-refractivity contribution in [2.45, 2.75) is 180 Å². The summed E-state index contributed by atoms with van der Waals surface area (Å²) in [7, 11) is 4.05. The van der Waals surface area contributed by atoms with Crippen LogP contribution in [0.15, 0.2) is 36.5 Å². The summed E-state index contributed by atoms with van der Waals surface area (Å²) in [4.78, 5) is 15.0. The Kier molecular flexibility index (Phi) is 28.7. The molecule has 0 saturated heterocycles. The third-order valence-corrected chi connectivity index (χ3v) is 8.08. The molecule has 1 atom stereocenters. The molecule has 0 aliphatic heterocycles. The van der Waals surface area contributed by atoms with E-state index < -0.39 is 11.7 Å². The van der Waals surface area contributed by atoms with E-state index in [4.69, 9.17) is 4.74 Å². The van der Waals surface area contributed by atoms with E-state index in [-0.39, 0.29) is 5.97 Å². The smallest absolute Gasteiger partial charge is 0.306 e. The van der Waals surface area contributed by atoms with E-state index in [9.17, 15) is 9.90 Å². The number of hydrogen-bond acceptors (Lipinski definition) is 4. The van der Waals surface area contributed by atoms with Gasteiger partial charge in [0.15, 0.2) is 0 Å². The molecule has 0 amide bonds. The third kappa shape index (κ3) is 25.1. The average molecular weight is 590 g/mol. The van der Waals surface area contributed by atoms with Crippen LogP contribution in [0.5, 0.6) is 0 Å². The van der Waals surface area contributed by atoms with Crippen LogP contribution in [0, 0.1) is 0 Å². The molecule has 4 heteroatoms. The molecule has 0 spiro atoms. The monoisotopic (exact) mass is 590 g/mol. The van der Waals surface area contributed by atoms with Gasteiger partial charge in [-0.3, -0.25) is 4.79 Å². The Balaban J connectivity index is 5.34. The number of esters is 1. The van der Waals surface area contributed by atoms with E-state index in [1.165, 1.54) is 57.8 Å². The topological polar surface area (TPSA) is 49.8 Å². The molecule has 0 aliphatic rings. The molecule has 42 heavy (non-hydrogen) atoms. The van der Waals surface area contributed by atoms with E-state index in [0.29, 0.717) is 19.3 Å². The van der Waals surface area contributed by atoms with Gasteiger partial charge in [-0.25, -0.2) is 0 Å². The number of ether oxygens (including phenoxy) is 1. The van der Waals surface area contributed by atoms with Crippen LogP contribution in [0.4, 0.5) is 0 Å². The van der Waals surface area contributed by atoms with Gasteiger partial charge in [0.2, 0.25) is 0 Å². The van der Waals surface area contributed by atoms with Crippen LogP contribution in [0.2, 0.25) is 0 Å². The van der Waals surface area contributed by atoms with Gasteiger partial charge in [0, 0.05) is 6.42 Å². The highest BCUT2D eigenvalue weighted by Gasteiger charge is 2.38. The standard InChI is InChI=1S/C38H71NO3/c1-6-9-12-15-18-21-24-27-31-36(42-37(40)32-30-35-39(4)5)38(41,33-28-25-22-19-16-13-10-7-2)34-29-26-23-20-17-14-11-8-3/h18-23,36,41H,6-17,24-35H2,1-5H3/b21-18-,22-19-,23-20-. The van der Waals surface area contributed by atoms with Gasteiger partial charge in [-0.15, -0.1) is 0 Å². The van der Waals surface area contributed by atoms with Gasteiger partial charge in [0.1, 0.15) is 11.7 Å². The minimum absolute atomic E-state index is 0.165. The Morgan fingerprint density at radius 3 is 1.45 bits per heavy atom. The lowest BCUT2D eigenvalue weighted by Crippen LogP contribution is -2.45. The maximum absolute atomic E-state index is 12.9. The van der Waals surface area contributed by atoms with Crippen LogP contribution in [0.3, 0.4) is 0 Å². The zero-order valence-electron chi connectivity index (χ0n) is 28.7. The Morgan fingerprint density at radius 1 is 0.643 bits per heavy atom. The summed E-state index contributed by atoms with van der Waals surface area (Å²) in [5.41, 5.74) is -0.978. The van der Waals surface area contributed by atoms with E-state index >= 15 is 0 Å². The van der Waals surface area contributed by atoms with Crippen molar-refractivity contribution in [2.75, 3.05) is 20.6 Å². The normalized spacial score (nSPS) is 13.3. The molecule has 0 rings (SSSR count). The first-order chi connectivity index (χ1) is 20.4. The average Bonchev–Trinajstić information content (AvgIpc) is 2.96. The molecule has 1 unspecified atom stereocenters. The van der Waals surface area contributed by atoms with Crippen LogP contribution in [-0.2, 0) is 9.53 Å². The Labute approximate surface area is 262 Å². The molecule has 246 valence electrons. The predicted octanol–water partition coefficient (Wildman–Crippen LogP) is 10.9. The molecule has 1 N–H and O–H groups in total. The number of allylic oxidation sites excluding steroid dienone is 6. The SMILES string of the molecule is CCCCC/C=C\CCCC(OC(=O)CCCN(C)C)C(O)(CCC/C=C\CCCCC)CCC/C=C\CCCCC. The minimum Gasteiger partial charge on any atom is -0.459 e. The number of rotatable bonds is 30. The summed E-state index contributed by atoms with van der Waals surface area (Å²) < 4.78 is 6.13. The first-order valence-electron chi connectivity index (χ1n) is 17.9. The van der Waals surface area contributed by atoms with Crippen LogP contribution in [0.25, 0.3) is 0 Å². The molecule has 0 aliphatic carbocycles. The highest BCUT2D eigenvalue weighted by atomic mass is 16.6. The quantitative estimate of drug-likeness (QED) is 0.0514. The van der Waals surface area contributed by atoms with E-state index in [1.54, 1.807) is 0 Å². The largest absolute Gasteiger partial charge is 0.459 e. The fourth-order valence-electron chi connectivity index (χ4n) is 5.36. The van der Waals surface area contributed by atoms with Crippen molar-refractivity contribution in [3.05, 3.63) is 36.5 Å². The summed E-state index contributed by atoms with van der Waals surface area (Å²) in [5.74, 6) is -0.165. The van der Waals surface area contributed by atoms with Crippen molar-refractivity contribution in [2.24, 2.45) is 0 Å². The van der Waals surface area contributed by atoms with Gasteiger partial charge < -0.3 is 14.7 Å². The molecule has 0 fully saturated rings. The van der Waals surface area contributed by atoms with Gasteiger partial charge in [0.25, 0.3) is 0 Å². The zero-order chi connectivity index (χ0) is 31.2. The second-order valence-corrected chi connectivity index (χ2v) is 12.6. The van der Waals surface area contributed by atoms with E-state index in [0.717, 1.165) is 77.2 Å². The van der Waals surface area contributed by atoms with Crippen molar-refractivity contribution < 1.29 is 14.6 Å². The highest BCUT2D eigenvalue weighted by Crippen LogP contribution is 2.31. The summed E-state index contributed by atoms with van der Waals surface area (Å²) in [6.07, 6.45) is 37.0. The second-order valence-electron chi connectivity index (χ2n) is 12.6. The lowest BCUT2D eigenvalue weighted by Gasteiger charge is -2.36. The number of carbonyl (C=O) groups excluding carboxylic acids is 1. The fraction of sp³-hybridized carbons (Fsp3) is 0.816. The Bertz CT molecular complexity index is 656. The van der Waals surface area contributed by atoms with Gasteiger partial charge in [-0.2, -0.15) is 0 Å². The number of nitrogens with zero attached hydrogens (tertiary/aromatic N) is 1. The van der Waals surface area contributed by atoms with Crippen molar-refractivity contribution in [3.63, 3.8) is 0 Å². The number of hydrogen-bond donors (Lipinski definition) is 1. The molecule has 0 radical (unpaired) electrons. The molecule has 0 heterocycles. The summed E-state index contributed by atoms with van der Waals surface area (Å²) in [6, 6.07) is 0. The van der Waals surface area contributed by atoms with Gasteiger partial charge in [-0.1, -0.05) is 95.8 Å². The van der Waals surface area contributed by atoms with Crippen LogP contribution >= 0.6 is 0 Å². The number of carbonyl (C=O) groups is 1. The summed E-state index contributed by atoms with van der Waals surface area (Å²) >= 11 is 0. The first kappa shape index (κ1) is 40.6. The van der Waals surface area contributed by atoms with Gasteiger partial charge in [-0.05, 0) is 123 Å². The van der Waals surface area contributed by atoms with Crippen molar-refractivity contribution in [1.82, 2.24) is 4.90 Å². The Morgan fingerprint density at radius 2 is 1.05 bits per heavy atom. The minimum atomic E-state index is -0.978. The highest BCUT2D eigenvalue weighted by molar-refractivity contribution is 5.69. The number of unbranched alkanes of at least 4 members (excludes halogenated alkanes) is 12. The molecule has 0 aromatic rings. The lowest BCUT2D eigenvalue weighted by atomic mass is 9.83.